The Labute approximate surface area is 111 Å². The first-order valence-electron chi connectivity index (χ1n) is 5.61. The largest absolute Gasteiger partial charge is 0.326 e. The summed E-state index contributed by atoms with van der Waals surface area (Å²) in [4.78, 5) is 11.3. The Morgan fingerprint density at radius 3 is 2.74 bits per heavy atom. The number of hydrogen-bond donors (Lipinski definition) is 2. The van der Waals surface area contributed by atoms with Crippen LogP contribution in [0.25, 0.3) is 0 Å². The van der Waals surface area contributed by atoms with E-state index in [2.05, 4.69) is 10.0 Å². The maximum absolute atomic E-state index is 12.1. The number of carbonyl (C=O) groups is 1. The minimum absolute atomic E-state index is 0.0473. The molecule has 0 radical (unpaired) electrons. The molecular formula is C12H13N3O3S. The summed E-state index contributed by atoms with van der Waals surface area (Å²) >= 11 is 0. The van der Waals surface area contributed by atoms with E-state index < -0.39 is 15.6 Å². The van der Waals surface area contributed by atoms with Gasteiger partial charge >= 0.3 is 0 Å². The molecule has 100 valence electrons. The zero-order chi connectivity index (χ0) is 14.3. The number of hydrogen-bond acceptors (Lipinski definition) is 4. The first-order chi connectivity index (χ1) is 8.73. The predicted octanol–water partition coefficient (Wildman–Crippen LogP) is 0.762. The van der Waals surface area contributed by atoms with Gasteiger partial charge in [-0.25, -0.2) is 8.42 Å². The van der Waals surface area contributed by atoms with E-state index in [1.165, 1.54) is 26.0 Å². The minimum Gasteiger partial charge on any atom is -0.326 e. The van der Waals surface area contributed by atoms with Gasteiger partial charge in [-0.15, -0.1) is 0 Å². The van der Waals surface area contributed by atoms with Gasteiger partial charge in [0.1, 0.15) is 5.54 Å². The van der Waals surface area contributed by atoms with Crippen LogP contribution in [0.4, 0.5) is 5.69 Å². The quantitative estimate of drug-likeness (QED) is 0.853. The molecule has 0 bridgehead atoms. The molecule has 2 N–H and O–H groups in total. The summed E-state index contributed by atoms with van der Waals surface area (Å²) < 4.78 is 26.5. The number of nitriles is 1. The van der Waals surface area contributed by atoms with Crippen LogP contribution in [0.5, 0.6) is 0 Å². The van der Waals surface area contributed by atoms with Crippen molar-refractivity contribution < 1.29 is 13.2 Å². The fourth-order valence-corrected chi connectivity index (χ4v) is 3.17. The molecule has 1 aromatic rings. The van der Waals surface area contributed by atoms with Gasteiger partial charge in [-0.3, -0.25) is 4.79 Å². The second-order valence-corrected chi connectivity index (χ2v) is 6.57. The van der Waals surface area contributed by atoms with Crippen LogP contribution in [0, 0.1) is 11.3 Å². The van der Waals surface area contributed by atoms with Gasteiger partial charge < -0.3 is 5.32 Å². The van der Waals surface area contributed by atoms with Gasteiger partial charge in [0, 0.05) is 5.69 Å². The summed E-state index contributed by atoms with van der Waals surface area (Å²) in [5, 5.41) is 11.5. The summed E-state index contributed by atoms with van der Waals surface area (Å²) in [7, 11) is -3.78. The Morgan fingerprint density at radius 2 is 2.11 bits per heavy atom. The number of rotatable bonds is 3. The Balaban J connectivity index is 2.36. The van der Waals surface area contributed by atoms with Crippen LogP contribution in [-0.2, 0) is 21.2 Å². The fourth-order valence-electron chi connectivity index (χ4n) is 1.79. The molecule has 7 heteroatoms. The van der Waals surface area contributed by atoms with E-state index in [9.17, 15) is 13.2 Å². The molecule has 19 heavy (non-hydrogen) atoms. The lowest BCUT2D eigenvalue weighted by Crippen LogP contribution is -2.41. The van der Waals surface area contributed by atoms with E-state index in [1.807, 2.05) is 6.07 Å². The fraction of sp³-hybridized carbons (Fsp3) is 0.333. The van der Waals surface area contributed by atoms with Crippen molar-refractivity contribution in [3.63, 3.8) is 0 Å². The molecule has 0 spiro atoms. The molecule has 2 rings (SSSR count). The molecular weight excluding hydrogens is 266 g/mol. The zero-order valence-corrected chi connectivity index (χ0v) is 11.3. The van der Waals surface area contributed by atoms with E-state index >= 15 is 0 Å². The summed E-state index contributed by atoms with van der Waals surface area (Å²) in [6, 6.07) is 6.27. The first-order valence-corrected chi connectivity index (χ1v) is 7.10. The van der Waals surface area contributed by atoms with E-state index in [1.54, 1.807) is 6.07 Å². The van der Waals surface area contributed by atoms with Gasteiger partial charge in [-0.05, 0) is 37.6 Å². The van der Waals surface area contributed by atoms with Crippen molar-refractivity contribution in [3.8, 4) is 6.07 Å². The number of sulfonamides is 1. The molecule has 1 aliphatic heterocycles. The second-order valence-electron chi connectivity index (χ2n) is 4.89. The van der Waals surface area contributed by atoms with Gasteiger partial charge in [-0.2, -0.15) is 9.98 Å². The molecule has 0 unspecified atom stereocenters. The van der Waals surface area contributed by atoms with Gasteiger partial charge in [0.15, 0.2) is 0 Å². The molecule has 1 amide bonds. The number of nitrogens with one attached hydrogen (secondary N) is 2. The van der Waals surface area contributed by atoms with Crippen LogP contribution in [0.3, 0.4) is 0 Å². The van der Waals surface area contributed by atoms with Gasteiger partial charge in [0.05, 0.1) is 17.4 Å². The summed E-state index contributed by atoms with van der Waals surface area (Å²) in [5.74, 6) is -0.158. The van der Waals surface area contributed by atoms with E-state index in [-0.39, 0.29) is 17.2 Å². The van der Waals surface area contributed by atoms with Crippen LogP contribution >= 0.6 is 0 Å². The molecule has 0 atom stereocenters. The van der Waals surface area contributed by atoms with Crippen LogP contribution in [0.15, 0.2) is 23.1 Å². The Morgan fingerprint density at radius 1 is 1.42 bits per heavy atom. The maximum atomic E-state index is 12.1. The third-order valence-electron chi connectivity index (χ3n) is 2.68. The van der Waals surface area contributed by atoms with Crippen molar-refractivity contribution in [1.82, 2.24) is 4.72 Å². The van der Waals surface area contributed by atoms with Crippen molar-refractivity contribution in [2.45, 2.75) is 30.7 Å². The highest BCUT2D eigenvalue weighted by Crippen LogP contribution is 2.26. The average molecular weight is 279 g/mol. The standard InChI is InChI=1S/C12H13N3O3S/c1-12(2,7-13)15-19(17,18)9-3-4-10-8(5-9)6-11(16)14-10/h3-5,15H,6H2,1-2H3,(H,14,16). The SMILES string of the molecule is CC(C)(C#N)NS(=O)(=O)c1ccc2c(c1)CC(=O)N2. The molecule has 0 aliphatic carbocycles. The highest BCUT2D eigenvalue weighted by atomic mass is 32.2. The summed E-state index contributed by atoms with van der Waals surface area (Å²) in [6.45, 7) is 2.95. The minimum atomic E-state index is -3.78. The van der Waals surface area contributed by atoms with Crippen molar-refractivity contribution in [1.29, 1.82) is 5.26 Å². The molecule has 6 nitrogen and oxygen atoms in total. The second kappa shape index (κ2) is 4.33. The normalized spacial score (nSPS) is 14.7. The number of amides is 1. The van der Waals surface area contributed by atoms with E-state index in [0.717, 1.165) is 0 Å². The van der Waals surface area contributed by atoms with Crippen molar-refractivity contribution in [2.75, 3.05) is 5.32 Å². The van der Waals surface area contributed by atoms with Gasteiger partial charge in [-0.1, -0.05) is 0 Å². The molecule has 1 heterocycles. The number of nitrogens with zero attached hydrogens (tertiary/aromatic N) is 1. The first kappa shape index (κ1) is 13.5. The lowest BCUT2D eigenvalue weighted by atomic mass is 10.1. The molecule has 1 aliphatic rings. The number of benzene rings is 1. The molecule has 0 fully saturated rings. The molecule has 0 saturated carbocycles. The topological polar surface area (TPSA) is 99.1 Å². The van der Waals surface area contributed by atoms with Gasteiger partial charge in [0.25, 0.3) is 0 Å². The predicted molar refractivity (Wildman–Crippen MR) is 68.8 cm³/mol. The summed E-state index contributed by atoms with van der Waals surface area (Å²) in [5.41, 5.74) is 0.0810. The average Bonchev–Trinajstić information content (AvgIpc) is 2.66. The van der Waals surface area contributed by atoms with Gasteiger partial charge in [0.2, 0.25) is 15.9 Å². The monoisotopic (exact) mass is 279 g/mol. The lowest BCUT2D eigenvalue weighted by molar-refractivity contribution is -0.115. The third-order valence-corrected chi connectivity index (χ3v) is 4.33. The smallest absolute Gasteiger partial charge is 0.241 e. The summed E-state index contributed by atoms with van der Waals surface area (Å²) in [6.07, 6.45) is 0.167. The number of carbonyl (C=O) groups excluding carboxylic acids is 1. The maximum Gasteiger partial charge on any atom is 0.241 e. The Kier molecular flexibility index (Phi) is 3.08. The van der Waals surface area contributed by atoms with Crippen molar-refractivity contribution in [3.05, 3.63) is 23.8 Å². The van der Waals surface area contributed by atoms with Crippen LogP contribution < -0.4 is 10.0 Å². The molecule has 1 aromatic carbocycles. The number of anilines is 1. The highest BCUT2D eigenvalue weighted by molar-refractivity contribution is 7.89. The third kappa shape index (κ3) is 2.75. The zero-order valence-electron chi connectivity index (χ0n) is 10.5. The van der Waals surface area contributed by atoms with Crippen LogP contribution in [0.2, 0.25) is 0 Å². The Bertz CT molecular complexity index is 687. The van der Waals surface area contributed by atoms with Crippen molar-refractivity contribution in [2.24, 2.45) is 0 Å². The van der Waals surface area contributed by atoms with Crippen molar-refractivity contribution >= 4 is 21.6 Å². The lowest BCUT2D eigenvalue weighted by Gasteiger charge is -2.17. The molecule has 0 saturated heterocycles. The number of fused-ring (bicyclic) bond motifs is 1. The van der Waals surface area contributed by atoms with Crippen LogP contribution in [-0.4, -0.2) is 19.9 Å². The van der Waals surface area contributed by atoms with Crippen LogP contribution in [0.1, 0.15) is 19.4 Å². The highest BCUT2D eigenvalue weighted by Gasteiger charge is 2.27. The van der Waals surface area contributed by atoms with E-state index in [0.29, 0.717) is 11.3 Å². The van der Waals surface area contributed by atoms with E-state index in [4.69, 9.17) is 5.26 Å². The molecule has 0 aromatic heterocycles. The Hall–Kier alpha value is -1.91.